The summed E-state index contributed by atoms with van der Waals surface area (Å²) >= 11 is 0. The van der Waals surface area contributed by atoms with Gasteiger partial charge in [0.05, 0.1) is 16.9 Å². The Kier molecular flexibility index (Phi) is 3.14. The summed E-state index contributed by atoms with van der Waals surface area (Å²) < 4.78 is 0. The zero-order chi connectivity index (χ0) is 14.1. The molecule has 102 valence electrons. The Balaban J connectivity index is 2.25. The van der Waals surface area contributed by atoms with Crippen LogP contribution in [0.25, 0.3) is 0 Å². The predicted octanol–water partition coefficient (Wildman–Crippen LogP) is 3.22. The van der Waals surface area contributed by atoms with Gasteiger partial charge >= 0.3 is 0 Å². The number of carbonyl (C=O) groups is 1. The highest BCUT2D eigenvalue weighted by Gasteiger charge is 2.29. The highest BCUT2D eigenvalue weighted by molar-refractivity contribution is 6.13. The molecule has 0 spiro atoms. The highest BCUT2D eigenvalue weighted by atomic mass is 16.2. The number of pyridine rings is 1. The van der Waals surface area contributed by atoms with Gasteiger partial charge < -0.3 is 9.80 Å². The Bertz CT molecular complexity index is 654. The van der Waals surface area contributed by atoms with Gasteiger partial charge in [0.15, 0.2) is 5.82 Å². The van der Waals surface area contributed by atoms with E-state index in [1.54, 1.807) is 6.20 Å². The molecule has 1 aromatic heterocycles. The number of hydrogen-bond acceptors (Lipinski definition) is 3. The SMILES string of the molecule is CCCN1C(=O)c2ccccc2N(C)c2ncccc21. The van der Waals surface area contributed by atoms with Crippen molar-refractivity contribution in [2.45, 2.75) is 13.3 Å². The third-order valence-electron chi connectivity index (χ3n) is 3.56. The number of para-hydroxylation sites is 1. The normalized spacial score (nSPS) is 13.8. The van der Waals surface area contributed by atoms with Crippen molar-refractivity contribution in [1.82, 2.24) is 4.98 Å². The van der Waals surface area contributed by atoms with Crippen molar-refractivity contribution in [3.8, 4) is 0 Å². The van der Waals surface area contributed by atoms with Gasteiger partial charge in [-0.05, 0) is 30.7 Å². The van der Waals surface area contributed by atoms with E-state index in [-0.39, 0.29) is 5.91 Å². The van der Waals surface area contributed by atoms with E-state index in [2.05, 4.69) is 11.9 Å². The molecule has 1 aliphatic heterocycles. The molecular weight excluding hydrogens is 250 g/mol. The van der Waals surface area contributed by atoms with E-state index in [9.17, 15) is 4.79 Å². The van der Waals surface area contributed by atoms with Crippen LogP contribution in [0.2, 0.25) is 0 Å². The second-order valence-corrected chi connectivity index (χ2v) is 4.88. The third-order valence-corrected chi connectivity index (χ3v) is 3.56. The van der Waals surface area contributed by atoms with E-state index in [4.69, 9.17) is 0 Å². The van der Waals surface area contributed by atoms with Crippen molar-refractivity contribution in [3.05, 3.63) is 48.2 Å². The van der Waals surface area contributed by atoms with Crippen molar-refractivity contribution < 1.29 is 4.79 Å². The van der Waals surface area contributed by atoms with E-state index in [0.717, 1.165) is 29.2 Å². The van der Waals surface area contributed by atoms with Crippen molar-refractivity contribution in [3.63, 3.8) is 0 Å². The summed E-state index contributed by atoms with van der Waals surface area (Å²) in [5.74, 6) is 0.861. The molecule has 0 saturated carbocycles. The van der Waals surface area contributed by atoms with Gasteiger partial charge in [-0.3, -0.25) is 4.79 Å². The number of fused-ring (bicyclic) bond motifs is 2. The van der Waals surface area contributed by atoms with Crippen LogP contribution in [0.4, 0.5) is 17.2 Å². The Morgan fingerprint density at radius 1 is 1.10 bits per heavy atom. The van der Waals surface area contributed by atoms with E-state index in [0.29, 0.717) is 6.54 Å². The van der Waals surface area contributed by atoms with Crippen LogP contribution in [-0.2, 0) is 0 Å². The standard InChI is InChI=1S/C16H17N3O/c1-3-11-19-14-9-6-10-17-15(14)18(2)13-8-5-4-7-12(13)16(19)20/h4-10H,3,11H2,1-2H3. The van der Waals surface area contributed by atoms with Crippen LogP contribution in [0.1, 0.15) is 23.7 Å². The second kappa shape index (κ2) is 4.96. The molecule has 1 aromatic carbocycles. The zero-order valence-electron chi connectivity index (χ0n) is 11.7. The second-order valence-electron chi connectivity index (χ2n) is 4.88. The molecule has 2 heterocycles. The van der Waals surface area contributed by atoms with E-state index in [1.807, 2.05) is 53.2 Å². The maximum Gasteiger partial charge on any atom is 0.260 e. The van der Waals surface area contributed by atoms with Gasteiger partial charge in [0.25, 0.3) is 5.91 Å². The summed E-state index contributed by atoms with van der Waals surface area (Å²) in [5, 5.41) is 0. The molecule has 0 radical (unpaired) electrons. The topological polar surface area (TPSA) is 36.4 Å². The van der Waals surface area contributed by atoms with Crippen LogP contribution in [0.15, 0.2) is 42.6 Å². The Labute approximate surface area is 118 Å². The fourth-order valence-electron chi connectivity index (χ4n) is 2.62. The minimum Gasteiger partial charge on any atom is -0.327 e. The summed E-state index contributed by atoms with van der Waals surface area (Å²) in [7, 11) is 1.95. The van der Waals surface area contributed by atoms with Gasteiger partial charge in [0.2, 0.25) is 0 Å². The number of amides is 1. The van der Waals surface area contributed by atoms with Crippen molar-refractivity contribution in [2.75, 3.05) is 23.4 Å². The molecule has 0 fully saturated rings. The molecule has 3 rings (SSSR count). The van der Waals surface area contributed by atoms with Gasteiger partial charge in [0, 0.05) is 19.8 Å². The minimum absolute atomic E-state index is 0.0426. The van der Waals surface area contributed by atoms with E-state index in [1.165, 1.54) is 0 Å². The lowest BCUT2D eigenvalue weighted by Crippen LogP contribution is -2.31. The number of aromatic nitrogens is 1. The Morgan fingerprint density at radius 3 is 2.65 bits per heavy atom. The third kappa shape index (κ3) is 1.84. The number of benzene rings is 1. The van der Waals surface area contributed by atoms with Crippen LogP contribution >= 0.6 is 0 Å². The van der Waals surface area contributed by atoms with E-state index < -0.39 is 0 Å². The summed E-state index contributed by atoms with van der Waals surface area (Å²) in [6, 6.07) is 11.5. The lowest BCUT2D eigenvalue weighted by Gasteiger charge is -2.22. The first-order chi connectivity index (χ1) is 9.74. The molecular formula is C16H17N3O. The molecule has 2 aromatic rings. The number of rotatable bonds is 2. The van der Waals surface area contributed by atoms with Crippen LogP contribution in [0.5, 0.6) is 0 Å². The van der Waals surface area contributed by atoms with Gasteiger partial charge in [-0.15, -0.1) is 0 Å². The Hall–Kier alpha value is -2.36. The zero-order valence-corrected chi connectivity index (χ0v) is 11.7. The minimum atomic E-state index is 0.0426. The molecule has 0 bridgehead atoms. The molecule has 0 aliphatic carbocycles. The molecule has 1 aliphatic rings. The summed E-state index contributed by atoms with van der Waals surface area (Å²) in [6.07, 6.45) is 2.67. The van der Waals surface area contributed by atoms with Crippen molar-refractivity contribution in [1.29, 1.82) is 0 Å². The lowest BCUT2D eigenvalue weighted by molar-refractivity contribution is 0.0988. The largest absolute Gasteiger partial charge is 0.327 e. The predicted molar refractivity (Wildman–Crippen MR) is 80.7 cm³/mol. The van der Waals surface area contributed by atoms with Gasteiger partial charge in [-0.2, -0.15) is 0 Å². The average molecular weight is 267 g/mol. The summed E-state index contributed by atoms with van der Waals surface area (Å²) in [5.41, 5.74) is 2.50. The van der Waals surface area contributed by atoms with Gasteiger partial charge in [-0.1, -0.05) is 19.1 Å². The number of carbonyl (C=O) groups excluding carboxylic acids is 1. The molecule has 4 heteroatoms. The van der Waals surface area contributed by atoms with E-state index >= 15 is 0 Å². The number of anilines is 3. The van der Waals surface area contributed by atoms with Crippen LogP contribution < -0.4 is 9.80 Å². The molecule has 20 heavy (non-hydrogen) atoms. The maximum atomic E-state index is 12.8. The van der Waals surface area contributed by atoms with Gasteiger partial charge in [-0.25, -0.2) is 4.98 Å². The Morgan fingerprint density at radius 2 is 1.85 bits per heavy atom. The van der Waals surface area contributed by atoms with Crippen molar-refractivity contribution in [2.24, 2.45) is 0 Å². The molecule has 4 nitrogen and oxygen atoms in total. The molecule has 0 unspecified atom stereocenters. The molecule has 0 N–H and O–H groups in total. The average Bonchev–Trinajstić information content (AvgIpc) is 2.58. The quantitative estimate of drug-likeness (QED) is 0.838. The summed E-state index contributed by atoms with van der Waals surface area (Å²) in [4.78, 5) is 21.1. The lowest BCUT2D eigenvalue weighted by atomic mass is 10.1. The first-order valence-corrected chi connectivity index (χ1v) is 6.83. The fraction of sp³-hybridized carbons (Fsp3) is 0.250. The van der Waals surface area contributed by atoms with Crippen molar-refractivity contribution >= 4 is 23.1 Å². The summed E-state index contributed by atoms with van der Waals surface area (Å²) in [6.45, 7) is 2.77. The fourth-order valence-corrected chi connectivity index (χ4v) is 2.62. The van der Waals surface area contributed by atoms with Crippen LogP contribution in [0.3, 0.4) is 0 Å². The first kappa shape index (κ1) is 12.7. The monoisotopic (exact) mass is 267 g/mol. The highest BCUT2D eigenvalue weighted by Crippen LogP contribution is 2.37. The first-order valence-electron chi connectivity index (χ1n) is 6.83. The van der Waals surface area contributed by atoms with Crippen LogP contribution in [0, 0.1) is 0 Å². The number of nitrogens with zero attached hydrogens (tertiary/aromatic N) is 3. The van der Waals surface area contributed by atoms with Crippen LogP contribution in [-0.4, -0.2) is 24.5 Å². The molecule has 1 amide bonds. The molecule has 0 atom stereocenters. The smallest absolute Gasteiger partial charge is 0.260 e. The number of hydrogen-bond donors (Lipinski definition) is 0. The van der Waals surface area contributed by atoms with Gasteiger partial charge in [0.1, 0.15) is 0 Å². The molecule has 0 saturated heterocycles. The maximum absolute atomic E-state index is 12.8.